The Balaban J connectivity index is 2.16. The lowest BCUT2D eigenvalue weighted by Crippen LogP contribution is -2.44. The van der Waals surface area contributed by atoms with Gasteiger partial charge in [-0.2, -0.15) is 0 Å². The molecule has 1 aliphatic rings. The van der Waals surface area contributed by atoms with Crippen LogP contribution in [0.1, 0.15) is 19.8 Å². The van der Waals surface area contributed by atoms with E-state index in [0.29, 0.717) is 0 Å². The van der Waals surface area contributed by atoms with E-state index in [1.807, 2.05) is 0 Å². The fraction of sp³-hybridized carbons (Fsp3) is 0.538. The fourth-order valence-electron chi connectivity index (χ4n) is 2.40. The number of piperidine rings is 1. The molecule has 1 aliphatic heterocycles. The van der Waals surface area contributed by atoms with E-state index in [1.165, 1.54) is 18.2 Å². The van der Waals surface area contributed by atoms with Crippen LogP contribution < -0.4 is 10.0 Å². The van der Waals surface area contributed by atoms with Gasteiger partial charge in [-0.25, -0.2) is 17.5 Å². The highest BCUT2D eigenvalue weighted by molar-refractivity contribution is 7.89. The lowest BCUT2D eigenvalue weighted by molar-refractivity contribution is 0.320. The Labute approximate surface area is 123 Å². The lowest BCUT2D eigenvalue weighted by Gasteiger charge is -2.28. The first kappa shape index (κ1) is 15.7. The van der Waals surface area contributed by atoms with Crippen LogP contribution in [0.15, 0.2) is 23.1 Å². The number of rotatable bonds is 4. The first-order chi connectivity index (χ1) is 9.42. The monoisotopic (exact) mass is 320 g/mol. The summed E-state index contributed by atoms with van der Waals surface area (Å²) in [5.74, 6) is -0.698. The normalized spacial score (nSPS) is 21.6. The number of benzene rings is 1. The molecule has 0 aliphatic carbocycles. The molecule has 2 atom stereocenters. The van der Waals surface area contributed by atoms with Gasteiger partial charge in [-0.15, -0.1) is 0 Å². The maximum atomic E-state index is 13.8. The molecular formula is C13H18ClFN2O2S. The van der Waals surface area contributed by atoms with Gasteiger partial charge >= 0.3 is 0 Å². The molecule has 2 N–H and O–H groups in total. The number of nitrogens with one attached hydrogen (secondary N) is 2. The highest BCUT2D eigenvalue weighted by Crippen LogP contribution is 2.23. The quantitative estimate of drug-likeness (QED) is 0.893. The summed E-state index contributed by atoms with van der Waals surface area (Å²) in [6, 6.07) is 3.71. The van der Waals surface area contributed by atoms with Gasteiger partial charge in [0.15, 0.2) is 5.82 Å². The molecule has 4 nitrogen and oxygen atoms in total. The van der Waals surface area contributed by atoms with E-state index in [2.05, 4.69) is 10.0 Å². The molecule has 112 valence electrons. The third-order valence-electron chi connectivity index (χ3n) is 3.59. The van der Waals surface area contributed by atoms with Gasteiger partial charge in [-0.05, 0) is 50.9 Å². The second-order valence-electron chi connectivity index (χ2n) is 5.07. The molecule has 2 rings (SSSR count). The summed E-state index contributed by atoms with van der Waals surface area (Å²) in [6.07, 6.45) is 1.97. The van der Waals surface area contributed by atoms with Gasteiger partial charge in [-0.1, -0.05) is 17.7 Å². The summed E-state index contributed by atoms with van der Waals surface area (Å²) in [4.78, 5) is -0.402. The van der Waals surface area contributed by atoms with Crippen molar-refractivity contribution in [1.82, 2.24) is 10.0 Å². The van der Waals surface area contributed by atoms with E-state index in [4.69, 9.17) is 11.6 Å². The third-order valence-corrected chi connectivity index (χ3v) is 5.46. The minimum atomic E-state index is -3.90. The number of halogens is 2. The van der Waals surface area contributed by atoms with Gasteiger partial charge in [0.1, 0.15) is 4.90 Å². The predicted molar refractivity (Wildman–Crippen MR) is 76.8 cm³/mol. The second kappa shape index (κ2) is 6.39. The highest BCUT2D eigenvalue weighted by atomic mass is 35.5. The van der Waals surface area contributed by atoms with E-state index in [1.54, 1.807) is 6.92 Å². The minimum absolute atomic E-state index is 0.195. The average molecular weight is 321 g/mol. The summed E-state index contributed by atoms with van der Waals surface area (Å²) in [5.41, 5.74) is 0. The first-order valence-electron chi connectivity index (χ1n) is 6.59. The van der Waals surface area contributed by atoms with E-state index in [9.17, 15) is 12.8 Å². The topological polar surface area (TPSA) is 58.2 Å². The molecule has 1 aromatic carbocycles. The van der Waals surface area contributed by atoms with Crippen molar-refractivity contribution in [3.63, 3.8) is 0 Å². The van der Waals surface area contributed by atoms with Crippen LogP contribution in [0.25, 0.3) is 0 Å². The van der Waals surface area contributed by atoms with Gasteiger partial charge in [0.25, 0.3) is 0 Å². The van der Waals surface area contributed by atoms with Crippen LogP contribution in [0.5, 0.6) is 0 Å². The van der Waals surface area contributed by atoms with Crippen LogP contribution in [0, 0.1) is 11.7 Å². The Morgan fingerprint density at radius 2 is 2.25 bits per heavy atom. The molecule has 0 aromatic heterocycles. The molecule has 0 radical (unpaired) electrons. The largest absolute Gasteiger partial charge is 0.316 e. The van der Waals surface area contributed by atoms with Gasteiger partial charge in [0, 0.05) is 6.04 Å². The summed E-state index contributed by atoms with van der Waals surface area (Å²) in [6.45, 7) is 3.53. The van der Waals surface area contributed by atoms with Crippen LogP contribution >= 0.6 is 11.6 Å². The van der Waals surface area contributed by atoms with E-state index >= 15 is 0 Å². The van der Waals surface area contributed by atoms with Gasteiger partial charge in [0.2, 0.25) is 10.0 Å². The molecule has 1 saturated heterocycles. The Morgan fingerprint density at radius 1 is 1.50 bits per heavy atom. The van der Waals surface area contributed by atoms with E-state index in [-0.39, 0.29) is 17.0 Å². The Kier molecular flexibility index (Phi) is 5.01. The molecule has 0 bridgehead atoms. The molecule has 0 spiro atoms. The standard InChI is InChI=1S/C13H18ClFN2O2S/c1-9(10-4-3-7-16-8-10)17-20(18,19)12-6-2-5-11(14)13(12)15/h2,5-6,9-10,16-17H,3-4,7-8H2,1H3. The smallest absolute Gasteiger partial charge is 0.243 e. The maximum Gasteiger partial charge on any atom is 0.243 e. The zero-order valence-electron chi connectivity index (χ0n) is 11.2. The van der Waals surface area contributed by atoms with E-state index in [0.717, 1.165) is 25.9 Å². The van der Waals surface area contributed by atoms with Gasteiger partial charge in [0.05, 0.1) is 5.02 Å². The zero-order valence-corrected chi connectivity index (χ0v) is 12.8. The molecular weight excluding hydrogens is 303 g/mol. The molecule has 1 fully saturated rings. The summed E-state index contributed by atoms with van der Waals surface area (Å²) >= 11 is 5.63. The van der Waals surface area contributed by atoms with Crippen molar-refractivity contribution < 1.29 is 12.8 Å². The van der Waals surface area contributed by atoms with Crippen molar-refractivity contribution in [3.8, 4) is 0 Å². The lowest BCUT2D eigenvalue weighted by atomic mass is 9.94. The predicted octanol–water partition coefficient (Wildman–Crippen LogP) is 2.15. The van der Waals surface area contributed by atoms with Gasteiger partial charge in [-0.3, -0.25) is 0 Å². The fourth-order valence-corrected chi connectivity index (χ4v) is 4.04. The second-order valence-corrected chi connectivity index (χ2v) is 7.16. The van der Waals surface area contributed by atoms with Crippen LogP contribution in [0.3, 0.4) is 0 Å². The van der Waals surface area contributed by atoms with Gasteiger partial charge < -0.3 is 5.32 Å². The van der Waals surface area contributed by atoms with Crippen molar-refractivity contribution in [2.24, 2.45) is 5.92 Å². The Hall–Kier alpha value is -0.690. The van der Waals surface area contributed by atoms with E-state index < -0.39 is 20.7 Å². The number of sulfonamides is 1. The molecule has 7 heteroatoms. The Bertz CT molecular complexity index is 574. The highest BCUT2D eigenvalue weighted by Gasteiger charge is 2.27. The number of hydrogen-bond donors (Lipinski definition) is 2. The van der Waals surface area contributed by atoms with Crippen molar-refractivity contribution in [2.75, 3.05) is 13.1 Å². The summed E-state index contributed by atoms with van der Waals surface area (Å²) in [7, 11) is -3.90. The minimum Gasteiger partial charge on any atom is -0.316 e. The van der Waals surface area contributed by atoms with Crippen molar-refractivity contribution >= 4 is 21.6 Å². The first-order valence-corrected chi connectivity index (χ1v) is 8.45. The molecule has 0 saturated carbocycles. The molecule has 0 amide bonds. The van der Waals surface area contributed by atoms with Crippen LogP contribution in [-0.2, 0) is 10.0 Å². The third kappa shape index (κ3) is 3.49. The SMILES string of the molecule is CC(NS(=O)(=O)c1cccc(Cl)c1F)C1CCCNC1. The maximum absolute atomic E-state index is 13.8. The molecule has 1 aromatic rings. The van der Waals surface area contributed by atoms with Crippen molar-refractivity contribution in [1.29, 1.82) is 0 Å². The average Bonchev–Trinajstić information content (AvgIpc) is 2.42. The van der Waals surface area contributed by atoms with Crippen LogP contribution in [0.4, 0.5) is 4.39 Å². The van der Waals surface area contributed by atoms with Crippen molar-refractivity contribution in [3.05, 3.63) is 29.0 Å². The number of hydrogen-bond acceptors (Lipinski definition) is 3. The van der Waals surface area contributed by atoms with Crippen LogP contribution in [-0.4, -0.2) is 27.5 Å². The summed E-state index contributed by atoms with van der Waals surface area (Å²) < 4.78 is 40.8. The zero-order chi connectivity index (χ0) is 14.8. The molecule has 20 heavy (non-hydrogen) atoms. The van der Waals surface area contributed by atoms with Crippen molar-refractivity contribution in [2.45, 2.75) is 30.7 Å². The molecule has 1 heterocycles. The Morgan fingerprint density at radius 3 is 2.90 bits per heavy atom. The van der Waals surface area contributed by atoms with Crippen LogP contribution in [0.2, 0.25) is 5.02 Å². The molecule has 2 unspecified atom stereocenters. The summed E-state index contributed by atoms with van der Waals surface area (Å²) in [5, 5.41) is 3.04.